The molecule has 0 atom stereocenters. The zero-order chi connectivity index (χ0) is 7.23. The van der Waals surface area contributed by atoms with E-state index >= 15 is 0 Å². The van der Waals surface area contributed by atoms with E-state index in [1.165, 1.54) is 0 Å². The minimum atomic E-state index is 0.234. The molecule has 1 rings (SSSR count). The lowest BCUT2D eigenvalue weighted by molar-refractivity contribution is 0.292. The number of rotatable bonds is 4. The summed E-state index contributed by atoms with van der Waals surface area (Å²) < 4.78 is 0. The van der Waals surface area contributed by atoms with Crippen LogP contribution in [0.4, 0.5) is 5.13 Å². The van der Waals surface area contributed by atoms with Crippen molar-refractivity contribution in [2.45, 2.75) is 6.42 Å². The Labute approximate surface area is 63.7 Å². The molecule has 0 aromatic carbocycles. The number of aliphatic hydroxyl groups is 1. The normalized spacial score (nSPS) is 9.70. The van der Waals surface area contributed by atoms with Crippen molar-refractivity contribution in [3.8, 4) is 0 Å². The summed E-state index contributed by atoms with van der Waals surface area (Å²) in [5.41, 5.74) is 0. The molecule has 0 spiro atoms. The molecule has 0 saturated carbocycles. The molecule has 0 aliphatic carbocycles. The fourth-order valence-electron chi connectivity index (χ4n) is 0.585. The second-order valence-corrected chi connectivity index (χ2v) is 2.74. The highest BCUT2D eigenvalue weighted by atomic mass is 32.1. The first kappa shape index (κ1) is 7.50. The molecule has 56 valence electrons. The Morgan fingerprint density at radius 1 is 1.70 bits per heavy atom. The van der Waals surface area contributed by atoms with E-state index in [1.54, 1.807) is 17.5 Å². The predicted octanol–water partition coefficient (Wildman–Crippen LogP) is 0.937. The third-order valence-electron chi connectivity index (χ3n) is 1.04. The topological polar surface area (TPSA) is 45.1 Å². The largest absolute Gasteiger partial charge is 0.396 e. The number of hydrogen-bond acceptors (Lipinski definition) is 4. The molecule has 0 unspecified atom stereocenters. The summed E-state index contributed by atoms with van der Waals surface area (Å²) in [6, 6.07) is 0. The van der Waals surface area contributed by atoms with Crippen LogP contribution in [-0.2, 0) is 0 Å². The van der Waals surface area contributed by atoms with Crippen LogP contribution in [0.2, 0.25) is 0 Å². The maximum absolute atomic E-state index is 8.44. The summed E-state index contributed by atoms with van der Waals surface area (Å²) in [7, 11) is 0. The Bertz CT molecular complexity index is 164. The van der Waals surface area contributed by atoms with Gasteiger partial charge in [-0.3, -0.25) is 0 Å². The van der Waals surface area contributed by atoms with Crippen LogP contribution in [0, 0.1) is 0 Å². The van der Waals surface area contributed by atoms with Gasteiger partial charge in [0.2, 0.25) is 0 Å². The number of aliphatic hydroxyl groups excluding tert-OH is 1. The summed E-state index contributed by atoms with van der Waals surface area (Å²) in [5.74, 6) is 0. The van der Waals surface area contributed by atoms with Crippen LogP contribution in [0.15, 0.2) is 11.6 Å². The summed E-state index contributed by atoms with van der Waals surface area (Å²) in [6.07, 6.45) is 2.53. The van der Waals surface area contributed by atoms with Gasteiger partial charge in [0.1, 0.15) is 0 Å². The third-order valence-corrected chi connectivity index (χ3v) is 1.77. The van der Waals surface area contributed by atoms with E-state index in [0.29, 0.717) is 0 Å². The number of thiazole rings is 1. The maximum atomic E-state index is 8.44. The third kappa shape index (κ3) is 2.33. The van der Waals surface area contributed by atoms with Crippen molar-refractivity contribution < 1.29 is 5.11 Å². The van der Waals surface area contributed by atoms with Crippen molar-refractivity contribution in [1.82, 2.24) is 4.98 Å². The van der Waals surface area contributed by atoms with Gasteiger partial charge < -0.3 is 10.4 Å². The zero-order valence-corrected chi connectivity index (χ0v) is 6.40. The van der Waals surface area contributed by atoms with Gasteiger partial charge in [-0.2, -0.15) is 0 Å². The molecular formula is C6H10N2OS. The SMILES string of the molecule is OCCCNc1nccs1. The number of aromatic nitrogens is 1. The lowest BCUT2D eigenvalue weighted by Crippen LogP contribution is -2.02. The van der Waals surface area contributed by atoms with Gasteiger partial charge in [-0.15, -0.1) is 11.3 Å². The molecule has 1 aromatic heterocycles. The van der Waals surface area contributed by atoms with E-state index in [2.05, 4.69) is 10.3 Å². The van der Waals surface area contributed by atoms with Gasteiger partial charge in [0.15, 0.2) is 5.13 Å². The molecule has 3 nitrogen and oxygen atoms in total. The fraction of sp³-hybridized carbons (Fsp3) is 0.500. The highest BCUT2D eigenvalue weighted by Gasteiger charge is 1.90. The van der Waals surface area contributed by atoms with E-state index in [0.717, 1.165) is 18.1 Å². The summed E-state index contributed by atoms with van der Waals surface area (Å²) in [6.45, 7) is 1.03. The Morgan fingerprint density at radius 3 is 3.20 bits per heavy atom. The van der Waals surface area contributed by atoms with Crippen molar-refractivity contribution >= 4 is 16.5 Å². The minimum Gasteiger partial charge on any atom is -0.396 e. The molecule has 0 saturated heterocycles. The van der Waals surface area contributed by atoms with E-state index < -0.39 is 0 Å². The Kier molecular flexibility index (Phi) is 3.18. The molecule has 2 N–H and O–H groups in total. The quantitative estimate of drug-likeness (QED) is 0.641. The van der Waals surface area contributed by atoms with Crippen molar-refractivity contribution in [2.24, 2.45) is 0 Å². The van der Waals surface area contributed by atoms with Crippen molar-refractivity contribution in [1.29, 1.82) is 0 Å². The van der Waals surface area contributed by atoms with Crippen LogP contribution in [0.25, 0.3) is 0 Å². The first-order valence-electron chi connectivity index (χ1n) is 3.17. The number of hydrogen-bond donors (Lipinski definition) is 2. The fourth-order valence-corrected chi connectivity index (χ4v) is 1.14. The second kappa shape index (κ2) is 4.24. The van der Waals surface area contributed by atoms with Gasteiger partial charge in [0.05, 0.1) is 0 Å². The molecule has 1 heterocycles. The summed E-state index contributed by atoms with van der Waals surface area (Å²) in [5, 5.41) is 14.4. The maximum Gasteiger partial charge on any atom is 0.182 e. The van der Waals surface area contributed by atoms with Gasteiger partial charge in [-0.25, -0.2) is 4.98 Å². The van der Waals surface area contributed by atoms with E-state index in [-0.39, 0.29) is 6.61 Å². The average Bonchev–Trinajstić information content (AvgIpc) is 2.41. The van der Waals surface area contributed by atoms with Gasteiger partial charge in [-0.05, 0) is 6.42 Å². The minimum absolute atomic E-state index is 0.234. The average molecular weight is 158 g/mol. The van der Waals surface area contributed by atoms with Crippen LogP contribution in [0.5, 0.6) is 0 Å². The molecule has 4 heteroatoms. The van der Waals surface area contributed by atoms with Gasteiger partial charge in [0.25, 0.3) is 0 Å². The lowest BCUT2D eigenvalue weighted by atomic mass is 10.5. The number of nitrogens with zero attached hydrogens (tertiary/aromatic N) is 1. The Morgan fingerprint density at radius 2 is 2.60 bits per heavy atom. The predicted molar refractivity (Wildman–Crippen MR) is 42.3 cm³/mol. The molecule has 0 aliphatic heterocycles. The highest BCUT2D eigenvalue weighted by molar-refractivity contribution is 7.13. The Hall–Kier alpha value is -0.610. The summed E-state index contributed by atoms with van der Waals surface area (Å²) >= 11 is 1.57. The lowest BCUT2D eigenvalue weighted by Gasteiger charge is -1.97. The van der Waals surface area contributed by atoms with Crippen molar-refractivity contribution in [3.05, 3.63) is 11.6 Å². The monoisotopic (exact) mass is 158 g/mol. The standard InChI is InChI=1S/C6H10N2OS/c9-4-1-2-7-6-8-3-5-10-6/h3,5,9H,1-2,4H2,(H,7,8). The zero-order valence-electron chi connectivity index (χ0n) is 5.58. The van der Waals surface area contributed by atoms with E-state index in [4.69, 9.17) is 5.11 Å². The van der Waals surface area contributed by atoms with Crippen LogP contribution in [0.1, 0.15) is 6.42 Å². The number of anilines is 1. The molecule has 0 aliphatic rings. The molecule has 0 amide bonds. The molecule has 0 bridgehead atoms. The van der Waals surface area contributed by atoms with E-state index in [9.17, 15) is 0 Å². The first-order valence-corrected chi connectivity index (χ1v) is 4.05. The molecular weight excluding hydrogens is 148 g/mol. The van der Waals surface area contributed by atoms with Crippen molar-refractivity contribution in [3.63, 3.8) is 0 Å². The summed E-state index contributed by atoms with van der Waals surface area (Å²) in [4.78, 5) is 4.01. The van der Waals surface area contributed by atoms with Crippen LogP contribution < -0.4 is 5.32 Å². The Balaban J connectivity index is 2.15. The van der Waals surface area contributed by atoms with Gasteiger partial charge in [-0.1, -0.05) is 0 Å². The second-order valence-electron chi connectivity index (χ2n) is 1.84. The van der Waals surface area contributed by atoms with Gasteiger partial charge in [0, 0.05) is 24.7 Å². The molecule has 10 heavy (non-hydrogen) atoms. The molecule has 1 aromatic rings. The van der Waals surface area contributed by atoms with Crippen LogP contribution in [-0.4, -0.2) is 23.2 Å². The van der Waals surface area contributed by atoms with E-state index in [1.807, 2.05) is 5.38 Å². The molecule has 0 fully saturated rings. The van der Waals surface area contributed by atoms with Gasteiger partial charge >= 0.3 is 0 Å². The highest BCUT2D eigenvalue weighted by Crippen LogP contribution is 2.09. The smallest absolute Gasteiger partial charge is 0.182 e. The number of nitrogens with one attached hydrogen (secondary N) is 1. The van der Waals surface area contributed by atoms with Crippen LogP contribution >= 0.6 is 11.3 Å². The first-order chi connectivity index (χ1) is 4.93. The molecule has 0 radical (unpaired) electrons. The van der Waals surface area contributed by atoms with Crippen LogP contribution in [0.3, 0.4) is 0 Å². The van der Waals surface area contributed by atoms with Crippen molar-refractivity contribution in [2.75, 3.05) is 18.5 Å².